The molecule has 2 N–H and O–H groups in total. The third-order valence-corrected chi connectivity index (χ3v) is 2.87. The highest BCUT2D eigenvalue weighted by atomic mass is 32.1. The molecule has 0 spiro atoms. The molecule has 0 fully saturated rings. The van der Waals surface area contributed by atoms with E-state index in [4.69, 9.17) is 10.4 Å². The quantitative estimate of drug-likeness (QED) is 0.578. The largest absolute Gasteiger partial charge is 0.465 e. The van der Waals surface area contributed by atoms with Gasteiger partial charge in [-0.3, -0.25) is 0 Å². The zero-order valence-electron chi connectivity index (χ0n) is 7.88. The molecular weight excluding hydrogens is 218 g/mol. The van der Waals surface area contributed by atoms with Crippen molar-refractivity contribution in [1.29, 1.82) is 5.26 Å². The van der Waals surface area contributed by atoms with Crippen LogP contribution < -0.4 is 0 Å². The number of ether oxygens (including phenoxy) is 1. The van der Waals surface area contributed by atoms with Crippen molar-refractivity contribution in [3.63, 3.8) is 0 Å². The van der Waals surface area contributed by atoms with Crippen LogP contribution in [0.15, 0.2) is 12.1 Å². The van der Waals surface area contributed by atoms with Crippen molar-refractivity contribution in [2.24, 2.45) is 0 Å². The fraction of sp³-hybridized carbons (Fsp3) is 0.333. The van der Waals surface area contributed by atoms with Crippen molar-refractivity contribution in [1.82, 2.24) is 0 Å². The van der Waals surface area contributed by atoms with Crippen LogP contribution in [0.5, 0.6) is 0 Å². The number of carbonyl (C=O) groups is 1. The first kappa shape index (κ1) is 11.7. The number of rotatable bonds is 3. The van der Waals surface area contributed by atoms with Gasteiger partial charge in [0.25, 0.3) is 0 Å². The van der Waals surface area contributed by atoms with Crippen LogP contribution >= 0.6 is 11.3 Å². The number of methoxy groups -OCH3 is 1. The highest BCUT2D eigenvalue weighted by Crippen LogP contribution is 2.25. The molecule has 1 heterocycles. The summed E-state index contributed by atoms with van der Waals surface area (Å²) >= 11 is 0.982. The summed E-state index contributed by atoms with van der Waals surface area (Å²) in [6, 6.07) is 4.46. The standard InChI is InChI=1S/C9H9NO4S/c1-14-9(13)7-3-2-6(15-7)8(12)5(11)4-10/h2-3,5,8,11-12H,1H3. The maximum atomic E-state index is 11.1. The molecule has 1 aromatic rings. The SMILES string of the molecule is COC(=O)c1ccc(C(O)C(O)C#N)s1. The lowest BCUT2D eigenvalue weighted by Crippen LogP contribution is -2.14. The molecule has 15 heavy (non-hydrogen) atoms. The number of hydrogen-bond donors (Lipinski definition) is 2. The Kier molecular flexibility index (Phi) is 3.80. The Balaban J connectivity index is 2.85. The fourth-order valence-corrected chi connectivity index (χ4v) is 1.89. The van der Waals surface area contributed by atoms with Crippen LogP contribution in [0.2, 0.25) is 0 Å². The normalized spacial score (nSPS) is 14.0. The maximum Gasteiger partial charge on any atom is 0.348 e. The minimum atomic E-state index is -1.49. The summed E-state index contributed by atoms with van der Waals surface area (Å²) in [5, 5.41) is 26.9. The molecule has 6 heteroatoms. The van der Waals surface area contributed by atoms with Gasteiger partial charge in [-0.05, 0) is 12.1 Å². The van der Waals surface area contributed by atoms with Gasteiger partial charge < -0.3 is 14.9 Å². The van der Waals surface area contributed by atoms with Gasteiger partial charge in [-0.15, -0.1) is 11.3 Å². The third kappa shape index (κ3) is 2.53. The van der Waals surface area contributed by atoms with Gasteiger partial charge in [0.2, 0.25) is 0 Å². The highest BCUT2D eigenvalue weighted by molar-refractivity contribution is 7.14. The number of nitriles is 1. The van der Waals surface area contributed by atoms with Crippen LogP contribution in [0.3, 0.4) is 0 Å². The summed E-state index contributed by atoms with van der Waals surface area (Å²) in [6.45, 7) is 0. The van der Waals surface area contributed by atoms with Crippen LogP contribution in [0.25, 0.3) is 0 Å². The first-order valence-corrected chi connectivity index (χ1v) is 4.85. The van der Waals surface area contributed by atoms with E-state index in [2.05, 4.69) is 4.74 Å². The summed E-state index contributed by atoms with van der Waals surface area (Å²) in [7, 11) is 1.25. The molecule has 0 aromatic carbocycles. The second-order valence-corrected chi connectivity index (χ2v) is 3.83. The van der Waals surface area contributed by atoms with Gasteiger partial charge >= 0.3 is 5.97 Å². The van der Waals surface area contributed by atoms with Crippen molar-refractivity contribution in [2.75, 3.05) is 7.11 Å². The van der Waals surface area contributed by atoms with Gasteiger partial charge in [0.15, 0.2) is 6.10 Å². The van der Waals surface area contributed by atoms with Gasteiger partial charge in [-0.25, -0.2) is 4.79 Å². The summed E-state index contributed by atoms with van der Waals surface area (Å²) < 4.78 is 4.48. The zero-order chi connectivity index (χ0) is 11.4. The third-order valence-electron chi connectivity index (χ3n) is 1.74. The van der Waals surface area contributed by atoms with Crippen molar-refractivity contribution in [3.05, 3.63) is 21.9 Å². The van der Waals surface area contributed by atoms with Crippen molar-refractivity contribution in [3.8, 4) is 6.07 Å². The predicted octanol–water partition coefficient (Wildman–Crippen LogP) is 0.453. The minimum Gasteiger partial charge on any atom is -0.465 e. The topological polar surface area (TPSA) is 90.6 Å². The molecule has 0 amide bonds. The van der Waals surface area contributed by atoms with E-state index in [9.17, 15) is 9.90 Å². The van der Waals surface area contributed by atoms with Crippen molar-refractivity contribution >= 4 is 17.3 Å². The lowest BCUT2D eigenvalue weighted by atomic mass is 10.2. The molecule has 0 radical (unpaired) electrons. The van der Waals surface area contributed by atoms with Crippen LogP contribution in [-0.4, -0.2) is 29.4 Å². The van der Waals surface area contributed by atoms with Gasteiger partial charge in [0.05, 0.1) is 13.2 Å². The van der Waals surface area contributed by atoms with Crippen LogP contribution in [0.1, 0.15) is 20.7 Å². The van der Waals surface area contributed by atoms with E-state index in [1.807, 2.05) is 0 Å². The molecule has 80 valence electrons. The van der Waals surface area contributed by atoms with Gasteiger partial charge in [-0.2, -0.15) is 5.26 Å². The number of nitrogens with zero attached hydrogens (tertiary/aromatic N) is 1. The Hall–Kier alpha value is -1.42. The lowest BCUT2D eigenvalue weighted by molar-refractivity contribution is 0.0552. The molecule has 0 aliphatic heterocycles. The molecule has 0 aliphatic carbocycles. The summed E-state index contributed by atoms with van der Waals surface area (Å²) in [4.78, 5) is 11.7. The van der Waals surface area contributed by atoms with Crippen LogP contribution in [0.4, 0.5) is 0 Å². The van der Waals surface area contributed by atoms with E-state index in [-0.39, 0.29) is 0 Å². The van der Waals surface area contributed by atoms with E-state index >= 15 is 0 Å². The Bertz CT molecular complexity index is 395. The maximum absolute atomic E-state index is 11.1. The summed E-state index contributed by atoms with van der Waals surface area (Å²) in [6.07, 6.45) is -2.78. The number of aliphatic hydroxyl groups excluding tert-OH is 2. The molecule has 2 atom stereocenters. The molecule has 0 bridgehead atoms. The first-order chi connectivity index (χ1) is 7.10. The molecule has 2 unspecified atom stereocenters. The van der Waals surface area contributed by atoms with Crippen LogP contribution in [-0.2, 0) is 4.74 Å². The summed E-state index contributed by atoms with van der Waals surface area (Å²) in [5.41, 5.74) is 0. The predicted molar refractivity (Wildman–Crippen MR) is 52.2 cm³/mol. The number of carbonyl (C=O) groups excluding carboxylic acids is 1. The second kappa shape index (κ2) is 4.89. The second-order valence-electron chi connectivity index (χ2n) is 2.71. The fourth-order valence-electron chi connectivity index (χ4n) is 0.948. The average Bonchev–Trinajstić information content (AvgIpc) is 2.75. The van der Waals surface area contributed by atoms with E-state index in [0.717, 1.165) is 11.3 Å². The molecule has 1 aromatic heterocycles. The smallest absolute Gasteiger partial charge is 0.348 e. The van der Waals surface area contributed by atoms with E-state index in [1.165, 1.54) is 25.3 Å². The number of esters is 1. The number of aliphatic hydroxyl groups is 2. The molecule has 1 rings (SSSR count). The summed E-state index contributed by atoms with van der Waals surface area (Å²) in [5.74, 6) is -0.509. The molecular formula is C9H9NO4S. The Morgan fingerprint density at radius 2 is 2.27 bits per heavy atom. The van der Waals surface area contributed by atoms with Gasteiger partial charge in [-0.1, -0.05) is 0 Å². The van der Waals surface area contributed by atoms with Crippen molar-refractivity contribution in [2.45, 2.75) is 12.2 Å². The van der Waals surface area contributed by atoms with E-state index in [1.54, 1.807) is 0 Å². The average molecular weight is 227 g/mol. The van der Waals surface area contributed by atoms with Crippen molar-refractivity contribution < 1.29 is 19.7 Å². The Labute approximate surface area is 90.2 Å². The first-order valence-electron chi connectivity index (χ1n) is 4.04. The monoisotopic (exact) mass is 227 g/mol. The molecule has 0 aliphatic rings. The number of hydrogen-bond acceptors (Lipinski definition) is 6. The van der Waals surface area contributed by atoms with Crippen LogP contribution in [0, 0.1) is 11.3 Å². The lowest BCUT2D eigenvalue weighted by Gasteiger charge is -2.08. The molecule has 0 saturated carbocycles. The van der Waals surface area contributed by atoms with E-state index < -0.39 is 18.2 Å². The minimum absolute atomic E-state index is 0.316. The zero-order valence-corrected chi connectivity index (χ0v) is 8.69. The molecule has 5 nitrogen and oxygen atoms in total. The van der Waals surface area contributed by atoms with Gasteiger partial charge in [0.1, 0.15) is 11.0 Å². The molecule has 0 saturated heterocycles. The highest BCUT2D eigenvalue weighted by Gasteiger charge is 2.21. The Morgan fingerprint density at radius 1 is 1.60 bits per heavy atom. The van der Waals surface area contributed by atoms with E-state index in [0.29, 0.717) is 9.75 Å². The van der Waals surface area contributed by atoms with Gasteiger partial charge in [0, 0.05) is 4.88 Å². The number of thiophene rings is 1. The Morgan fingerprint density at radius 3 is 2.80 bits per heavy atom.